The Bertz CT molecular complexity index is 506. The number of amides is 1. The van der Waals surface area contributed by atoms with Gasteiger partial charge in [0, 0.05) is 16.7 Å². The molecular formula is C14H16F2INO. The number of piperidine rings is 1. The van der Waals surface area contributed by atoms with Crippen molar-refractivity contribution in [3.05, 3.63) is 32.9 Å². The van der Waals surface area contributed by atoms with E-state index in [9.17, 15) is 13.6 Å². The highest BCUT2D eigenvalue weighted by molar-refractivity contribution is 14.1. The number of hydrogen-bond donors (Lipinski definition) is 0. The van der Waals surface area contributed by atoms with Gasteiger partial charge in [-0.3, -0.25) is 4.79 Å². The summed E-state index contributed by atoms with van der Waals surface area (Å²) >= 11 is 1.76. The standard InChI is InChI=1S/C14H16F2INO/c1-14(2)5-7-18(8-6-14)13(19)11-9(15)3-4-10(17)12(11)16/h3-4H,5-8H2,1-2H3. The molecular weight excluding hydrogens is 363 g/mol. The molecule has 0 bridgehead atoms. The molecule has 5 heteroatoms. The molecule has 0 radical (unpaired) electrons. The normalized spacial score (nSPS) is 18.5. The number of hydrogen-bond acceptors (Lipinski definition) is 1. The summed E-state index contributed by atoms with van der Waals surface area (Å²) in [4.78, 5) is 13.8. The van der Waals surface area contributed by atoms with E-state index in [-0.39, 0.29) is 8.99 Å². The lowest BCUT2D eigenvalue weighted by molar-refractivity contribution is 0.0620. The minimum absolute atomic E-state index is 0.193. The second-order valence-corrected chi connectivity index (χ2v) is 6.84. The smallest absolute Gasteiger partial charge is 0.259 e. The first-order valence-corrected chi connectivity index (χ1v) is 7.32. The minimum Gasteiger partial charge on any atom is -0.338 e. The van der Waals surface area contributed by atoms with Gasteiger partial charge in [-0.2, -0.15) is 0 Å². The van der Waals surface area contributed by atoms with Crippen LogP contribution in [0.1, 0.15) is 37.0 Å². The first kappa shape index (κ1) is 14.7. The molecule has 0 N–H and O–H groups in total. The largest absolute Gasteiger partial charge is 0.338 e. The van der Waals surface area contributed by atoms with Gasteiger partial charge < -0.3 is 4.90 Å². The van der Waals surface area contributed by atoms with Crippen molar-refractivity contribution in [3.63, 3.8) is 0 Å². The summed E-state index contributed by atoms with van der Waals surface area (Å²) in [5.41, 5.74) is -0.231. The van der Waals surface area contributed by atoms with Crippen molar-refractivity contribution in [2.75, 3.05) is 13.1 Å². The highest BCUT2D eigenvalue weighted by Gasteiger charge is 2.31. The Kier molecular flexibility index (Phi) is 4.13. The van der Waals surface area contributed by atoms with Crippen LogP contribution in [-0.2, 0) is 0 Å². The van der Waals surface area contributed by atoms with E-state index in [1.807, 2.05) is 0 Å². The van der Waals surface area contributed by atoms with Gasteiger partial charge in [-0.05, 0) is 53.0 Å². The highest BCUT2D eigenvalue weighted by atomic mass is 127. The van der Waals surface area contributed by atoms with Gasteiger partial charge in [0.25, 0.3) is 5.91 Å². The van der Waals surface area contributed by atoms with Crippen molar-refractivity contribution in [2.45, 2.75) is 26.7 Å². The number of halogens is 3. The second kappa shape index (κ2) is 5.34. The van der Waals surface area contributed by atoms with Crippen molar-refractivity contribution < 1.29 is 13.6 Å². The molecule has 0 aliphatic carbocycles. The number of carbonyl (C=O) groups excluding carboxylic acids is 1. The van der Waals surface area contributed by atoms with Crippen LogP contribution < -0.4 is 0 Å². The Morgan fingerprint density at radius 3 is 2.42 bits per heavy atom. The molecule has 2 rings (SSSR count). The predicted molar refractivity (Wildman–Crippen MR) is 78.0 cm³/mol. The Hall–Kier alpha value is -0.720. The summed E-state index contributed by atoms with van der Waals surface area (Å²) in [5.74, 6) is -2.08. The fraction of sp³-hybridized carbons (Fsp3) is 0.500. The maximum atomic E-state index is 13.9. The van der Waals surface area contributed by atoms with Crippen LogP contribution in [-0.4, -0.2) is 23.9 Å². The quantitative estimate of drug-likeness (QED) is 0.537. The van der Waals surface area contributed by atoms with Gasteiger partial charge >= 0.3 is 0 Å². The molecule has 0 atom stereocenters. The maximum absolute atomic E-state index is 13.9. The lowest BCUT2D eigenvalue weighted by atomic mass is 9.82. The molecule has 19 heavy (non-hydrogen) atoms. The SMILES string of the molecule is CC1(C)CCN(C(=O)c2c(F)ccc(I)c2F)CC1. The molecule has 1 aliphatic heterocycles. The molecule has 1 aromatic rings. The molecule has 104 valence electrons. The molecule has 0 saturated carbocycles. The maximum Gasteiger partial charge on any atom is 0.259 e. The number of carbonyl (C=O) groups is 1. The average molecular weight is 379 g/mol. The zero-order valence-electron chi connectivity index (χ0n) is 11.0. The van der Waals surface area contributed by atoms with E-state index in [1.54, 1.807) is 27.5 Å². The zero-order chi connectivity index (χ0) is 14.2. The van der Waals surface area contributed by atoms with Gasteiger partial charge in [0.1, 0.15) is 11.4 Å². The minimum atomic E-state index is -0.784. The molecule has 0 aromatic heterocycles. The van der Waals surface area contributed by atoms with Crippen LogP contribution in [0.3, 0.4) is 0 Å². The van der Waals surface area contributed by atoms with E-state index in [1.165, 1.54) is 6.07 Å². The van der Waals surface area contributed by atoms with Gasteiger partial charge in [-0.25, -0.2) is 8.78 Å². The lowest BCUT2D eigenvalue weighted by Gasteiger charge is -2.37. The molecule has 1 fully saturated rings. The second-order valence-electron chi connectivity index (χ2n) is 5.67. The fourth-order valence-corrected chi connectivity index (χ4v) is 2.65. The van der Waals surface area contributed by atoms with Crippen molar-refractivity contribution in [1.82, 2.24) is 4.90 Å². The zero-order valence-corrected chi connectivity index (χ0v) is 13.1. The van der Waals surface area contributed by atoms with Crippen LogP contribution >= 0.6 is 22.6 Å². The van der Waals surface area contributed by atoms with E-state index in [0.29, 0.717) is 13.1 Å². The van der Waals surface area contributed by atoms with Crippen molar-refractivity contribution in [1.29, 1.82) is 0 Å². The van der Waals surface area contributed by atoms with E-state index >= 15 is 0 Å². The Morgan fingerprint density at radius 2 is 1.84 bits per heavy atom. The molecule has 1 aromatic carbocycles. The van der Waals surface area contributed by atoms with Crippen LogP contribution in [0.15, 0.2) is 12.1 Å². The van der Waals surface area contributed by atoms with Gasteiger partial charge in [0.2, 0.25) is 0 Å². The lowest BCUT2D eigenvalue weighted by Crippen LogP contribution is -2.41. The predicted octanol–water partition coefficient (Wildman–Crippen LogP) is 3.83. The summed E-state index contributed by atoms with van der Waals surface area (Å²) in [5, 5.41) is 0. The average Bonchev–Trinajstić information content (AvgIpc) is 2.34. The Morgan fingerprint density at radius 1 is 1.26 bits per heavy atom. The molecule has 1 saturated heterocycles. The first-order valence-electron chi connectivity index (χ1n) is 6.24. The van der Waals surface area contributed by atoms with E-state index < -0.39 is 23.1 Å². The van der Waals surface area contributed by atoms with Crippen LogP contribution in [0.2, 0.25) is 0 Å². The summed E-state index contributed by atoms with van der Waals surface area (Å²) in [7, 11) is 0. The number of benzene rings is 1. The van der Waals surface area contributed by atoms with E-state index in [2.05, 4.69) is 13.8 Å². The van der Waals surface area contributed by atoms with Crippen LogP contribution in [0.25, 0.3) is 0 Å². The monoisotopic (exact) mass is 379 g/mol. The Balaban J connectivity index is 2.24. The summed E-state index contributed by atoms with van der Waals surface area (Å²) in [6, 6.07) is 2.48. The topological polar surface area (TPSA) is 20.3 Å². The molecule has 2 nitrogen and oxygen atoms in total. The highest BCUT2D eigenvalue weighted by Crippen LogP contribution is 2.31. The van der Waals surface area contributed by atoms with Crippen molar-refractivity contribution in [2.24, 2.45) is 5.41 Å². The first-order chi connectivity index (χ1) is 8.82. The third-order valence-corrected chi connectivity index (χ3v) is 4.50. The van der Waals surface area contributed by atoms with Gasteiger partial charge in [-0.1, -0.05) is 13.8 Å². The summed E-state index contributed by atoms with van der Waals surface area (Å²) in [6.07, 6.45) is 1.71. The molecule has 0 unspecified atom stereocenters. The molecule has 1 heterocycles. The van der Waals surface area contributed by atoms with Crippen molar-refractivity contribution >= 4 is 28.5 Å². The number of nitrogens with zero attached hydrogens (tertiary/aromatic N) is 1. The molecule has 1 aliphatic rings. The number of rotatable bonds is 1. The fourth-order valence-electron chi connectivity index (χ4n) is 2.20. The summed E-state index contributed by atoms with van der Waals surface area (Å²) in [6.45, 7) is 5.38. The Labute approximate surface area is 125 Å². The third kappa shape index (κ3) is 3.07. The van der Waals surface area contributed by atoms with E-state index in [4.69, 9.17) is 0 Å². The van der Waals surface area contributed by atoms with Gasteiger partial charge in [0.15, 0.2) is 5.82 Å². The van der Waals surface area contributed by atoms with Crippen LogP contribution in [0, 0.1) is 20.6 Å². The third-order valence-electron chi connectivity index (χ3n) is 3.66. The van der Waals surface area contributed by atoms with Crippen molar-refractivity contribution in [3.8, 4) is 0 Å². The van der Waals surface area contributed by atoms with Crippen LogP contribution in [0.4, 0.5) is 8.78 Å². The number of likely N-dealkylation sites (tertiary alicyclic amines) is 1. The summed E-state index contributed by atoms with van der Waals surface area (Å²) < 4.78 is 27.9. The molecule has 1 amide bonds. The molecule has 0 spiro atoms. The van der Waals surface area contributed by atoms with Gasteiger partial charge in [0.05, 0.1) is 0 Å². The van der Waals surface area contributed by atoms with Gasteiger partial charge in [-0.15, -0.1) is 0 Å². The van der Waals surface area contributed by atoms with E-state index in [0.717, 1.165) is 18.9 Å². The van der Waals surface area contributed by atoms with Crippen LogP contribution in [0.5, 0.6) is 0 Å².